The highest BCUT2D eigenvalue weighted by molar-refractivity contribution is 7.10. The van der Waals surface area contributed by atoms with Crippen LogP contribution in [-0.2, 0) is 4.74 Å². The molecule has 0 spiro atoms. The molecule has 4 rings (SSSR count). The van der Waals surface area contributed by atoms with Crippen molar-refractivity contribution in [1.29, 1.82) is 0 Å². The minimum Gasteiger partial charge on any atom is -0.378 e. The highest BCUT2D eigenvalue weighted by Gasteiger charge is 2.25. The van der Waals surface area contributed by atoms with Gasteiger partial charge in [0.15, 0.2) is 0 Å². The molecule has 3 aromatic rings. The molecule has 2 aromatic carbocycles. The van der Waals surface area contributed by atoms with Crippen LogP contribution in [0.5, 0.6) is 0 Å². The van der Waals surface area contributed by atoms with Crippen molar-refractivity contribution in [2.75, 3.05) is 31.2 Å². The molecule has 1 aliphatic rings. The monoisotopic (exact) mass is 457 g/mol. The number of hydrogen-bond donors (Lipinski definition) is 1. The third kappa shape index (κ3) is 4.87. The van der Waals surface area contributed by atoms with E-state index in [1.807, 2.05) is 34.5 Å². The molecule has 9 heteroatoms. The maximum atomic E-state index is 13.4. The average molecular weight is 458 g/mol. The Morgan fingerprint density at radius 1 is 1.16 bits per heavy atom. The fourth-order valence-electron chi connectivity index (χ4n) is 3.54. The molecule has 1 unspecified atom stereocenters. The summed E-state index contributed by atoms with van der Waals surface area (Å²) >= 11 is 7.56. The van der Waals surface area contributed by atoms with Crippen molar-refractivity contribution in [3.8, 4) is 0 Å². The van der Waals surface area contributed by atoms with Crippen molar-refractivity contribution < 1.29 is 14.5 Å². The highest BCUT2D eigenvalue weighted by atomic mass is 35.5. The van der Waals surface area contributed by atoms with E-state index in [4.69, 9.17) is 16.3 Å². The lowest BCUT2D eigenvalue weighted by Gasteiger charge is -2.30. The number of morpholine rings is 1. The molecule has 2 heterocycles. The number of nitrogens with zero attached hydrogens (tertiary/aromatic N) is 2. The molecule has 1 fully saturated rings. The summed E-state index contributed by atoms with van der Waals surface area (Å²) in [6, 6.07) is 15.1. The Labute approximate surface area is 188 Å². The number of nitro groups is 1. The lowest BCUT2D eigenvalue weighted by Crippen LogP contribution is -2.38. The van der Waals surface area contributed by atoms with Gasteiger partial charge in [-0.25, -0.2) is 0 Å². The van der Waals surface area contributed by atoms with E-state index < -0.39 is 11.0 Å². The number of non-ortho nitro benzene ring substituents is 1. The van der Waals surface area contributed by atoms with Gasteiger partial charge in [0, 0.05) is 35.1 Å². The topological polar surface area (TPSA) is 84.7 Å². The number of carbonyl (C=O) groups excluding carboxylic acids is 1. The van der Waals surface area contributed by atoms with Gasteiger partial charge in [-0.3, -0.25) is 14.9 Å². The molecule has 0 aliphatic carbocycles. The number of carbonyl (C=O) groups is 1. The second kappa shape index (κ2) is 9.47. The molecule has 0 radical (unpaired) electrons. The third-order valence-electron chi connectivity index (χ3n) is 5.09. The average Bonchev–Trinajstić information content (AvgIpc) is 3.33. The second-order valence-electron chi connectivity index (χ2n) is 7.03. The number of ether oxygens (including phenoxy) is 1. The zero-order valence-electron chi connectivity index (χ0n) is 16.5. The molecule has 0 bridgehead atoms. The fraction of sp³-hybridized carbons (Fsp3) is 0.227. The van der Waals surface area contributed by atoms with Gasteiger partial charge in [0.2, 0.25) is 0 Å². The van der Waals surface area contributed by atoms with Crippen molar-refractivity contribution in [2.24, 2.45) is 0 Å². The number of amides is 1. The standard InChI is InChI=1S/C22H20ClN3O4S/c23-16-5-3-15(4-6-16)21(20-2-1-13-31-20)24-22(27)18-14-17(26(28)29)7-8-19(18)25-9-11-30-12-10-25/h1-8,13-14,21H,9-12H2,(H,24,27). The van der Waals surface area contributed by atoms with Gasteiger partial charge in [-0.05, 0) is 35.2 Å². The Morgan fingerprint density at radius 3 is 2.55 bits per heavy atom. The van der Waals surface area contributed by atoms with Crippen LogP contribution >= 0.6 is 22.9 Å². The Hall–Kier alpha value is -2.94. The number of nitro benzene ring substituents is 1. The quantitative estimate of drug-likeness (QED) is 0.429. The van der Waals surface area contributed by atoms with Crippen LogP contribution < -0.4 is 10.2 Å². The van der Waals surface area contributed by atoms with Gasteiger partial charge in [-0.15, -0.1) is 11.3 Å². The van der Waals surface area contributed by atoms with E-state index in [0.717, 1.165) is 10.4 Å². The molecule has 1 saturated heterocycles. The minimum atomic E-state index is -0.490. The molecule has 1 amide bonds. The zero-order valence-corrected chi connectivity index (χ0v) is 18.1. The Balaban J connectivity index is 1.70. The van der Waals surface area contributed by atoms with E-state index in [1.54, 1.807) is 18.2 Å². The van der Waals surface area contributed by atoms with E-state index in [2.05, 4.69) is 5.32 Å². The first-order valence-electron chi connectivity index (χ1n) is 9.74. The van der Waals surface area contributed by atoms with Crippen LogP contribution in [-0.4, -0.2) is 37.1 Å². The summed E-state index contributed by atoms with van der Waals surface area (Å²) in [6.07, 6.45) is 0. The molecule has 31 heavy (non-hydrogen) atoms. The maximum absolute atomic E-state index is 13.4. The molecule has 1 aromatic heterocycles. The lowest BCUT2D eigenvalue weighted by molar-refractivity contribution is -0.384. The number of anilines is 1. The highest BCUT2D eigenvalue weighted by Crippen LogP contribution is 2.30. The van der Waals surface area contributed by atoms with Crippen LogP contribution in [0.1, 0.15) is 26.8 Å². The lowest BCUT2D eigenvalue weighted by atomic mass is 10.0. The number of benzene rings is 2. The predicted octanol–water partition coefficient (Wildman–Crippen LogP) is 4.67. The van der Waals surface area contributed by atoms with E-state index in [-0.39, 0.29) is 17.2 Å². The van der Waals surface area contributed by atoms with Crippen molar-refractivity contribution in [1.82, 2.24) is 5.32 Å². The normalized spacial score (nSPS) is 14.8. The zero-order chi connectivity index (χ0) is 21.8. The number of halogens is 1. The summed E-state index contributed by atoms with van der Waals surface area (Å²) in [7, 11) is 0. The molecule has 1 atom stereocenters. The third-order valence-corrected chi connectivity index (χ3v) is 6.28. The first-order chi connectivity index (χ1) is 15.0. The van der Waals surface area contributed by atoms with Crippen molar-refractivity contribution in [2.45, 2.75) is 6.04 Å². The minimum absolute atomic E-state index is 0.124. The largest absolute Gasteiger partial charge is 0.378 e. The van der Waals surface area contributed by atoms with Gasteiger partial charge in [-0.2, -0.15) is 0 Å². The van der Waals surface area contributed by atoms with Crippen LogP contribution in [0.15, 0.2) is 60.0 Å². The van der Waals surface area contributed by atoms with Gasteiger partial charge in [0.05, 0.1) is 35.4 Å². The van der Waals surface area contributed by atoms with Crippen molar-refractivity contribution >= 4 is 40.2 Å². The Kier molecular flexibility index (Phi) is 6.50. The molecule has 7 nitrogen and oxygen atoms in total. The van der Waals surface area contributed by atoms with Crippen LogP contribution in [0.25, 0.3) is 0 Å². The molecular formula is C22H20ClN3O4S. The maximum Gasteiger partial charge on any atom is 0.270 e. The van der Waals surface area contributed by atoms with Crippen molar-refractivity contribution in [3.63, 3.8) is 0 Å². The summed E-state index contributed by atoms with van der Waals surface area (Å²) in [5.41, 5.74) is 1.68. The number of thiophene rings is 1. The summed E-state index contributed by atoms with van der Waals surface area (Å²) in [6.45, 7) is 2.31. The van der Waals surface area contributed by atoms with E-state index >= 15 is 0 Å². The Morgan fingerprint density at radius 2 is 1.90 bits per heavy atom. The molecule has 160 valence electrons. The van der Waals surface area contributed by atoms with Gasteiger partial charge in [0.1, 0.15) is 0 Å². The first-order valence-corrected chi connectivity index (χ1v) is 11.0. The summed E-state index contributed by atoms with van der Waals surface area (Å²) in [5, 5.41) is 17.0. The van der Waals surface area contributed by atoms with Crippen LogP contribution in [0.4, 0.5) is 11.4 Å². The molecule has 1 N–H and O–H groups in total. The van der Waals surface area contributed by atoms with E-state index in [9.17, 15) is 14.9 Å². The number of hydrogen-bond acceptors (Lipinski definition) is 6. The van der Waals surface area contributed by atoms with E-state index in [1.165, 1.54) is 23.5 Å². The van der Waals surface area contributed by atoms with E-state index in [0.29, 0.717) is 37.0 Å². The smallest absolute Gasteiger partial charge is 0.270 e. The second-order valence-corrected chi connectivity index (χ2v) is 8.45. The van der Waals surface area contributed by atoms with Crippen LogP contribution in [0.2, 0.25) is 5.02 Å². The summed E-state index contributed by atoms with van der Waals surface area (Å²) < 4.78 is 5.40. The van der Waals surface area contributed by atoms with Crippen LogP contribution in [0.3, 0.4) is 0 Å². The van der Waals surface area contributed by atoms with Gasteiger partial charge >= 0.3 is 0 Å². The fourth-order valence-corrected chi connectivity index (χ4v) is 4.47. The molecule has 1 aliphatic heterocycles. The van der Waals surface area contributed by atoms with Crippen LogP contribution in [0, 0.1) is 10.1 Å². The van der Waals surface area contributed by atoms with Gasteiger partial charge < -0.3 is 15.0 Å². The molecule has 0 saturated carbocycles. The molecular weight excluding hydrogens is 438 g/mol. The number of nitrogens with one attached hydrogen (secondary N) is 1. The van der Waals surface area contributed by atoms with Gasteiger partial charge in [0.25, 0.3) is 11.6 Å². The Bertz CT molecular complexity index is 1070. The predicted molar refractivity (Wildman–Crippen MR) is 121 cm³/mol. The summed E-state index contributed by atoms with van der Waals surface area (Å²) in [5.74, 6) is -0.376. The van der Waals surface area contributed by atoms with Crippen molar-refractivity contribution in [3.05, 3.63) is 91.1 Å². The van der Waals surface area contributed by atoms with Gasteiger partial charge in [-0.1, -0.05) is 29.8 Å². The first kappa shape index (κ1) is 21.3. The summed E-state index contributed by atoms with van der Waals surface area (Å²) in [4.78, 5) is 27.3. The SMILES string of the molecule is O=C(NC(c1ccc(Cl)cc1)c1cccs1)c1cc([N+](=O)[O-])ccc1N1CCOCC1. The number of rotatable bonds is 6.